The van der Waals surface area contributed by atoms with Crippen LogP contribution in [0.2, 0.25) is 5.15 Å². The van der Waals surface area contributed by atoms with Crippen LogP contribution in [0.1, 0.15) is 39.0 Å². The number of aromatic nitrogens is 2. The highest BCUT2D eigenvalue weighted by atomic mass is 35.5. The Morgan fingerprint density at radius 2 is 1.91 bits per heavy atom. The van der Waals surface area contributed by atoms with E-state index in [1.54, 1.807) is 6.07 Å². The van der Waals surface area contributed by atoms with Gasteiger partial charge in [-0.3, -0.25) is 4.90 Å². The number of hydrogen-bond donors (Lipinski definition) is 0. The fourth-order valence-electron chi connectivity index (χ4n) is 3.08. The van der Waals surface area contributed by atoms with Crippen LogP contribution in [0, 0.1) is 17.8 Å². The first-order chi connectivity index (χ1) is 11.1. The Morgan fingerprint density at radius 3 is 2.52 bits per heavy atom. The van der Waals surface area contributed by atoms with Gasteiger partial charge < -0.3 is 4.90 Å². The summed E-state index contributed by atoms with van der Waals surface area (Å²) in [7, 11) is 4.23. The molecule has 2 rings (SSSR count). The summed E-state index contributed by atoms with van der Waals surface area (Å²) in [6.45, 7) is 4.20. The second kappa shape index (κ2) is 9.10. The summed E-state index contributed by atoms with van der Waals surface area (Å²) >= 11 is 5.80. The molecule has 0 N–H and O–H groups in total. The van der Waals surface area contributed by atoms with E-state index in [4.69, 9.17) is 11.6 Å². The maximum absolute atomic E-state index is 5.80. The van der Waals surface area contributed by atoms with Crippen molar-refractivity contribution < 1.29 is 0 Å². The van der Waals surface area contributed by atoms with Gasteiger partial charge in [0.25, 0.3) is 0 Å². The van der Waals surface area contributed by atoms with Crippen molar-refractivity contribution in [1.29, 1.82) is 0 Å². The number of nitrogens with zero attached hydrogens (tertiary/aromatic N) is 4. The maximum atomic E-state index is 5.80. The van der Waals surface area contributed by atoms with Crippen LogP contribution in [0.15, 0.2) is 12.1 Å². The minimum atomic E-state index is 0.439. The van der Waals surface area contributed by atoms with Gasteiger partial charge in [0.05, 0.1) is 6.54 Å². The molecule has 0 amide bonds. The standard InChI is InChI=1S/C18H27ClN4/c1-4-13-22(2)14-5-6-15-7-9-16(10-8-15)23(3)18-12-11-17(19)20-21-18/h11-12,15-16H,4,7-10,13-14H2,1-3H3. The van der Waals surface area contributed by atoms with E-state index in [2.05, 4.69) is 52.9 Å². The third kappa shape index (κ3) is 5.67. The number of hydrogen-bond acceptors (Lipinski definition) is 4. The van der Waals surface area contributed by atoms with Crippen LogP contribution in [0.4, 0.5) is 5.82 Å². The predicted molar refractivity (Wildman–Crippen MR) is 96.8 cm³/mol. The van der Waals surface area contributed by atoms with Crippen molar-refractivity contribution in [3.05, 3.63) is 17.3 Å². The van der Waals surface area contributed by atoms with Crippen molar-refractivity contribution in [3.63, 3.8) is 0 Å². The third-order valence-corrected chi connectivity index (χ3v) is 4.69. The average Bonchev–Trinajstić information content (AvgIpc) is 2.56. The predicted octanol–water partition coefficient (Wildman–Crippen LogP) is 3.47. The SMILES string of the molecule is CCCN(C)CC#CC1CCC(N(C)c2ccc(Cl)nn2)CC1. The van der Waals surface area contributed by atoms with E-state index in [0.717, 1.165) is 31.7 Å². The van der Waals surface area contributed by atoms with Gasteiger partial charge in [0.15, 0.2) is 11.0 Å². The van der Waals surface area contributed by atoms with Gasteiger partial charge in [0, 0.05) is 19.0 Å². The smallest absolute Gasteiger partial charge is 0.151 e. The topological polar surface area (TPSA) is 32.3 Å². The van der Waals surface area contributed by atoms with E-state index in [0.29, 0.717) is 17.1 Å². The molecule has 1 aliphatic rings. The second-order valence-electron chi connectivity index (χ2n) is 6.39. The first-order valence-corrected chi connectivity index (χ1v) is 8.87. The van der Waals surface area contributed by atoms with E-state index >= 15 is 0 Å². The molecule has 1 saturated carbocycles. The van der Waals surface area contributed by atoms with Crippen molar-refractivity contribution >= 4 is 17.4 Å². The molecule has 0 atom stereocenters. The molecule has 0 radical (unpaired) electrons. The average molecular weight is 335 g/mol. The van der Waals surface area contributed by atoms with Crippen LogP contribution in [-0.4, -0.2) is 48.3 Å². The molecule has 0 saturated heterocycles. The first kappa shape index (κ1) is 18.0. The summed E-state index contributed by atoms with van der Waals surface area (Å²) in [5.74, 6) is 8.25. The monoisotopic (exact) mass is 334 g/mol. The van der Waals surface area contributed by atoms with Gasteiger partial charge in [0.2, 0.25) is 0 Å². The van der Waals surface area contributed by atoms with Crippen LogP contribution in [0.3, 0.4) is 0 Å². The molecule has 1 aromatic heterocycles. The lowest BCUT2D eigenvalue weighted by Crippen LogP contribution is -2.35. The summed E-state index contributed by atoms with van der Waals surface area (Å²) in [5, 5.41) is 8.54. The second-order valence-corrected chi connectivity index (χ2v) is 6.78. The van der Waals surface area contributed by atoms with E-state index in [9.17, 15) is 0 Å². The molecule has 126 valence electrons. The minimum Gasteiger partial charge on any atom is -0.355 e. The summed E-state index contributed by atoms with van der Waals surface area (Å²) in [6.07, 6.45) is 5.83. The van der Waals surface area contributed by atoms with E-state index in [1.807, 2.05) is 6.07 Å². The Bertz CT molecular complexity index is 526. The molecule has 23 heavy (non-hydrogen) atoms. The van der Waals surface area contributed by atoms with Crippen LogP contribution in [0.5, 0.6) is 0 Å². The van der Waals surface area contributed by atoms with E-state index in [-0.39, 0.29) is 0 Å². The van der Waals surface area contributed by atoms with Crippen LogP contribution >= 0.6 is 11.6 Å². The molecule has 4 nitrogen and oxygen atoms in total. The molecular formula is C18H27ClN4. The van der Waals surface area contributed by atoms with Gasteiger partial charge in [-0.05, 0) is 57.8 Å². The zero-order chi connectivity index (χ0) is 16.7. The molecule has 1 aromatic rings. The number of halogens is 1. The Labute approximate surface area is 145 Å². The molecule has 0 spiro atoms. The van der Waals surface area contributed by atoms with Crippen LogP contribution in [0.25, 0.3) is 0 Å². The largest absolute Gasteiger partial charge is 0.355 e. The molecular weight excluding hydrogens is 308 g/mol. The van der Waals surface area contributed by atoms with Crippen LogP contribution in [-0.2, 0) is 0 Å². The summed E-state index contributed by atoms with van der Waals surface area (Å²) in [5.41, 5.74) is 0. The van der Waals surface area contributed by atoms with Gasteiger partial charge in [-0.2, -0.15) is 0 Å². The molecule has 0 aromatic carbocycles. The Balaban J connectivity index is 1.79. The summed E-state index contributed by atoms with van der Waals surface area (Å²) < 4.78 is 0. The van der Waals surface area contributed by atoms with Crippen molar-refractivity contribution in [2.24, 2.45) is 5.92 Å². The van der Waals surface area contributed by atoms with Crippen molar-refractivity contribution in [2.45, 2.75) is 45.1 Å². The maximum Gasteiger partial charge on any atom is 0.151 e. The van der Waals surface area contributed by atoms with Gasteiger partial charge >= 0.3 is 0 Å². The third-order valence-electron chi connectivity index (χ3n) is 4.48. The molecule has 1 aliphatic carbocycles. The van der Waals surface area contributed by atoms with Gasteiger partial charge in [-0.15, -0.1) is 10.2 Å². The van der Waals surface area contributed by atoms with Crippen molar-refractivity contribution in [2.75, 3.05) is 32.1 Å². The lowest BCUT2D eigenvalue weighted by molar-refractivity contribution is 0.367. The van der Waals surface area contributed by atoms with E-state index in [1.165, 1.54) is 19.3 Å². The first-order valence-electron chi connectivity index (χ1n) is 8.49. The molecule has 0 unspecified atom stereocenters. The highest BCUT2D eigenvalue weighted by molar-refractivity contribution is 6.29. The van der Waals surface area contributed by atoms with Gasteiger partial charge in [-0.1, -0.05) is 30.4 Å². The van der Waals surface area contributed by atoms with Gasteiger partial charge in [0.1, 0.15) is 0 Å². The molecule has 0 bridgehead atoms. The summed E-state index contributed by atoms with van der Waals surface area (Å²) in [4.78, 5) is 4.51. The number of rotatable bonds is 5. The normalized spacial score (nSPS) is 20.9. The fraction of sp³-hybridized carbons (Fsp3) is 0.667. The number of anilines is 1. The van der Waals surface area contributed by atoms with Gasteiger partial charge in [-0.25, -0.2) is 0 Å². The molecule has 1 heterocycles. The van der Waals surface area contributed by atoms with Crippen LogP contribution < -0.4 is 4.90 Å². The lowest BCUT2D eigenvalue weighted by atomic mass is 9.86. The fourth-order valence-corrected chi connectivity index (χ4v) is 3.18. The molecule has 5 heteroatoms. The summed E-state index contributed by atoms with van der Waals surface area (Å²) in [6, 6.07) is 4.25. The highest BCUT2D eigenvalue weighted by Gasteiger charge is 2.23. The minimum absolute atomic E-state index is 0.439. The zero-order valence-corrected chi connectivity index (χ0v) is 15.2. The quantitative estimate of drug-likeness (QED) is 0.772. The Morgan fingerprint density at radius 1 is 1.17 bits per heavy atom. The molecule has 0 aliphatic heterocycles. The van der Waals surface area contributed by atoms with Crippen molar-refractivity contribution in [1.82, 2.24) is 15.1 Å². The highest BCUT2D eigenvalue weighted by Crippen LogP contribution is 2.28. The molecule has 1 fully saturated rings. The van der Waals surface area contributed by atoms with E-state index < -0.39 is 0 Å². The lowest BCUT2D eigenvalue weighted by Gasteiger charge is -2.33. The van der Waals surface area contributed by atoms with Crippen molar-refractivity contribution in [3.8, 4) is 11.8 Å². The zero-order valence-electron chi connectivity index (χ0n) is 14.4. The Hall–Kier alpha value is -1.31. The Kier molecular flexibility index (Phi) is 7.14.